The Hall–Kier alpha value is -0.450. The maximum atomic E-state index is 4.79. The summed E-state index contributed by atoms with van der Waals surface area (Å²) in [4.78, 5) is 7.43. The van der Waals surface area contributed by atoms with Crippen LogP contribution in [0.25, 0.3) is 0 Å². The van der Waals surface area contributed by atoms with Crippen molar-refractivity contribution in [3.8, 4) is 0 Å². The molecule has 0 amide bonds. The smallest absolute Gasteiger partial charge is 0.0928 e. The maximum absolute atomic E-state index is 4.79. The molecule has 0 aliphatic carbocycles. The maximum Gasteiger partial charge on any atom is 0.0928 e. The molecule has 0 radical (unpaired) electrons. The highest BCUT2D eigenvalue weighted by Gasteiger charge is 2.36. The van der Waals surface area contributed by atoms with Gasteiger partial charge in [-0.2, -0.15) is 0 Å². The second-order valence-corrected chi connectivity index (χ2v) is 7.52. The Kier molecular flexibility index (Phi) is 4.74. The first-order chi connectivity index (χ1) is 9.80. The molecule has 3 heterocycles. The van der Waals surface area contributed by atoms with Gasteiger partial charge in [0.2, 0.25) is 0 Å². The van der Waals surface area contributed by atoms with E-state index in [-0.39, 0.29) is 0 Å². The van der Waals surface area contributed by atoms with E-state index in [2.05, 4.69) is 22.5 Å². The molecule has 112 valence electrons. The van der Waals surface area contributed by atoms with Crippen molar-refractivity contribution in [2.75, 3.05) is 26.2 Å². The summed E-state index contributed by atoms with van der Waals surface area (Å²) in [6.45, 7) is 8.24. The van der Waals surface area contributed by atoms with Gasteiger partial charge in [0.1, 0.15) is 0 Å². The van der Waals surface area contributed by atoms with Crippen molar-refractivity contribution in [2.45, 2.75) is 52.0 Å². The van der Waals surface area contributed by atoms with Gasteiger partial charge in [-0.3, -0.25) is 4.90 Å². The number of aromatic nitrogens is 1. The van der Waals surface area contributed by atoms with Gasteiger partial charge in [0.05, 0.1) is 10.7 Å². The Morgan fingerprint density at radius 1 is 1.40 bits per heavy atom. The normalized spacial score (nSPS) is 28.1. The Balaban J connectivity index is 1.59. The van der Waals surface area contributed by atoms with Crippen LogP contribution in [-0.4, -0.2) is 36.1 Å². The number of hydrogen-bond acceptors (Lipinski definition) is 4. The molecule has 2 saturated heterocycles. The summed E-state index contributed by atoms with van der Waals surface area (Å²) < 4.78 is 0. The lowest BCUT2D eigenvalue weighted by molar-refractivity contribution is 0.0594. The summed E-state index contributed by atoms with van der Waals surface area (Å²) in [6, 6.07) is 0. The lowest BCUT2D eigenvalue weighted by Gasteiger charge is -2.45. The van der Waals surface area contributed by atoms with E-state index in [1.807, 2.05) is 11.3 Å². The van der Waals surface area contributed by atoms with E-state index in [1.54, 1.807) is 0 Å². The molecule has 3 nitrogen and oxygen atoms in total. The third-order valence-electron chi connectivity index (χ3n) is 4.75. The van der Waals surface area contributed by atoms with Gasteiger partial charge in [0, 0.05) is 25.0 Å². The van der Waals surface area contributed by atoms with Crippen LogP contribution < -0.4 is 5.32 Å². The third kappa shape index (κ3) is 3.41. The molecule has 1 aromatic rings. The average molecular weight is 293 g/mol. The summed E-state index contributed by atoms with van der Waals surface area (Å²) in [5.74, 6) is 0. The third-order valence-corrected chi connectivity index (χ3v) is 5.71. The fourth-order valence-electron chi connectivity index (χ4n) is 3.80. The van der Waals surface area contributed by atoms with Gasteiger partial charge in [0.15, 0.2) is 0 Å². The highest BCUT2D eigenvalue weighted by Crippen LogP contribution is 2.36. The van der Waals surface area contributed by atoms with Crippen LogP contribution in [0.3, 0.4) is 0 Å². The molecule has 2 aliphatic rings. The summed E-state index contributed by atoms with van der Waals surface area (Å²) in [5, 5.41) is 7.19. The molecule has 1 unspecified atom stereocenters. The minimum Gasteiger partial charge on any atom is -0.316 e. The van der Waals surface area contributed by atoms with E-state index in [1.165, 1.54) is 69.0 Å². The first-order valence-electron chi connectivity index (χ1n) is 8.16. The van der Waals surface area contributed by atoms with Crippen molar-refractivity contribution in [1.29, 1.82) is 0 Å². The van der Waals surface area contributed by atoms with Crippen LogP contribution in [0.2, 0.25) is 0 Å². The molecule has 3 rings (SSSR count). The lowest BCUT2D eigenvalue weighted by atomic mass is 9.74. The SMILES string of the molecule is CCCc1nc(CN2CCCC3(CCCNC3)C2)cs1. The van der Waals surface area contributed by atoms with Gasteiger partial charge in [-0.05, 0) is 57.0 Å². The molecule has 1 atom stereocenters. The summed E-state index contributed by atoms with van der Waals surface area (Å²) in [6.07, 6.45) is 7.87. The van der Waals surface area contributed by atoms with Crippen LogP contribution in [0.4, 0.5) is 0 Å². The van der Waals surface area contributed by atoms with Crippen molar-refractivity contribution < 1.29 is 0 Å². The Morgan fingerprint density at radius 3 is 3.10 bits per heavy atom. The Bertz CT molecular complexity index is 418. The van der Waals surface area contributed by atoms with E-state index < -0.39 is 0 Å². The van der Waals surface area contributed by atoms with Crippen molar-refractivity contribution in [1.82, 2.24) is 15.2 Å². The monoisotopic (exact) mass is 293 g/mol. The number of nitrogens with one attached hydrogen (secondary N) is 1. The van der Waals surface area contributed by atoms with Crippen molar-refractivity contribution >= 4 is 11.3 Å². The molecule has 1 spiro atoms. The quantitative estimate of drug-likeness (QED) is 0.925. The molecule has 0 aromatic carbocycles. The molecule has 4 heteroatoms. The molecule has 1 N–H and O–H groups in total. The van der Waals surface area contributed by atoms with Gasteiger partial charge < -0.3 is 5.32 Å². The minimum atomic E-state index is 0.554. The van der Waals surface area contributed by atoms with Crippen LogP contribution in [0.1, 0.15) is 49.7 Å². The Labute approximate surface area is 126 Å². The van der Waals surface area contributed by atoms with Crippen LogP contribution in [-0.2, 0) is 13.0 Å². The summed E-state index contributed by atoms with van der Waals surface area (Å²) >= 11 is 1.84. The zero-order chi connectivity index (χ0) is 13.8. The standard InChI is InChI=1S/C16H27N3S/c1-2-5-15-18-14(11-20-15)10-19-9-4-7-16(13-19)6-3-8-17-12-16/h11,17H,2-10,12-13H2,1H3. The van der Waals surface area contributed by atoms with E-state index in [4.69, 9.17) is 4.98 Å². The van der Waals surface area contributed by atoms with Crippen LogP contribution in [0, 0.1) is 5.41 Å². The number of thiazole rings is 1. The van der Waals surface area contributed by atoms with Gasteiger partial charge >= 0.3 is 0 Å². The highest BCUT2D eigenvalue weighted by atomic mass is 32.1. The molecule has 1 aromatic heterocycles. The average Bonchev–Trinajstić information content (AvgIpc) is 2.87. The molecule has 2 fully saturated rings. The number of rotatable bonds is 4. The van der Waals surface area contributed by atoms with Gasteiger partial charge in [-0.25, -0.2) is 4.98 Å². The highest BCUT2D eigenvalue weighted by molar-refractivity contribution is 7.09. The fraction of sp³-hybridized carbons (Fsp3) is 0.812. The van der Waals surface area contributed by atoms with Crippen molar-refractivity contribution in [3.63, 3.8) is 0 Å². The van der Waals surface area contributed by atoms with Gasteiger partial charge in [0.25, 0.3) is 0 Å². The summed E-state index contributed by atoms with van der Waals surface area (Å²) in [7, 11) is 0. The number of likely N-dealkylation sites (tertiary alicyclic amines) is 1. The van der Waals surface area contributed by atoms with E-state index in [0.29, 0.717) is 5.41 Å². The second-order valence-electron chi connectivity index (χ2n) is 6.58. The van der Waals surface area contributed by atoms with Crippen LogP contribution in [0.15, 0.2) is 5.38 Å². The molecule has 20 heavy (non-hydrogen) atoms. The zero-order valence-corrected chi connectivity index (χ0v) is 13.5. The van der Waals surface area contributed by atoms with E-state index in [0.717, 1.165) is 13.0 Å². The fourth-order valence-corrected chi connectivity index (χ4v) is 4.69. The predicted molar refractivity (Wildman–Crippen MR) is 85.2 cm³/mol. The number of nitrogens with zero attached hydrogens (tertiary/aromatic N) is 2. The molecular formula is C16H27N3S. The van der Waals surface area contributed by atoms with Gasteiger partial charge in [-0.15, -0.1) is 11.3 Å². The lowest BCUT2D eigenvalue weighted by Crippen LogP contribution is -2.50. The first-order valence-corrected chi connectivity index (χ1v) is 9.04. The topological polar surface area (TPSA) is 28.2 Å². The molecule has 0 bridgehead atoms. The Morgan fingerprint density at radius 2 is 2.30 bits per heavy atom. The van der Waals surface area contributed by atoms with Crippen LogP contribution >= 0.6 is 11.3 Å². The minimum absolute atomic E-state index is 0.554. The van der Waals surface area contributed by atoms with Crippen LogP contribution in [0.5, 0.6) is 0 Å². The zero-order valence-electron chi connectivity index (χ0n) is 12.7. The summed E-state index contributed by atoms with van der Waals surface area (Å²) in [5.41, 5.74) is 1.85. The number of piperidine rings is 2. The number of aryl methyl sites for hydroxylation is 1. The second kappa shape index (κ2) is 6.54. The van der Waals surface area contributed by atoms with Crippen molar-refractivity contribution in [2.24, 2.45) is 5.41 Å². The van der Waals surface area contributed by atoms with E-state index in [9.17, 15) is 0 Å². The largest absolute Gasteiger partial charge is 0.316 e. The molecule has 0 saturated carbocycles. The van der Waals surface area contributed by atoms with Gasteiger partial charge in [-0.1, -0.05) is 6.92 Å². The first kappa shape index (κ1) is 14.5. The van der Waals surface area contributed by atoms with E-state index >= 15 is 0 Å². The predicted octanol–water partition coefficient (Wildman–Crippen LogP) is 3.06. The number of hydrogen-bond donors (Lipinski definition) is 1. The molecular weight excluding hydrogens is 266 g/mol. The van der Waals surface area contributed by atoms with Crippen molar-refractivity contribution in [3.05, 3.63) is 16.1 Å². The molecule has 2 aliphatic heterocycles.